The molecule has 0 aliphatic rings. The molecule has 0 aliphatic heterocycles. The lowest BCUT2D eigenvalue weighted by Crippen LogP contribution is -1.84. The van der Waals surface area contributed by atoms with Crippen molar-refractivity contribution in [2.24, 2.45) is 0 Å². The van der Waals surface area contributed by atoms with Gasteiger partial charge < -0.3 is 14.7 Å². The third-order valence-corrected chi connectivity index (χ3v) is 2.50. The van der Waals surface area contributed by atoms with E-state index in [1.54, 1.807) is 7.11 Å². The van der Waals surface area contributed by atoms with Gasteiger partial charge in [0.15, 0.2) is 4.77 Å². The molecule has 0 saturated carbocycles. The SMILES string of the molecule is COc1ccc(-c2[nH]c(=S)[nH]c2C)cc1. The fraction of sp³-hybridized carbons (Fsp3) is 0.182. The minimum absolute atomic E-state index is 0.651. The largest absolute Gasteiger partial charge is 0.497 e. The van der Waals surface area contributed by atoms with Gasteiger partial charge in [0.2, 0.25) is 0 Å². The molecular formula is C11H12N2OS. The topological polar surface area (TPSA) is 40.8 Å². The number of benzene rings is 1. The molecule has 78 valence electrons. The predicted molar refractivity (Wildman–Crippen MR) is 62.7 cm³/mol. The van der Waals surface area contributed by atoms with Crippen LogP contribution in [0.15, 0.2) is 24.3 Å². The van der Waals surface area contributed by atoms with E-state index < -0.39 is 0 Å². The molecule has 1 aromatic carbocycles. The third kappa shape index (κ3) is 1.94. The second-order valence-corrected chi connectivity index (χ2v) is 3.72. The first-order chi connectivity index (χ1) is 7.20. The van der Waals surface area contributed by atoms with Crippen LogP contribution in [-0.4, -0.2) is 17.1 Å². The Morgan fingerprint density at radius 2 is 1.80 bits per heavy atom. The van der Waals surface area contributed by atoms with Gasteiger partial charge in [0.25, 0.3) is 0 Å². The summed E-state index contributed by atoms with van der Waals surface area (Å²) in [7, 11) is 1.66. The van der Waals surface area contributed by atoms with Crippen molar-refractivity contribution in [1.82, 2.24) is 9.97 Å². The molecule has 2 rings (SSSR count). The van der Waals surface area contributed by atoms with Crippen LogP contribution >= 0.6 is 12.2 Å². The monoisotopic (exact) mass is 220 g/mol. The molecule has 4 heteroatoms. The van der Waals surface area contributed by atoms with Crippen LogP contribution in [0.4, 0.5) is 0 Å². The molecule has 2 aromatic rings. The van der Waals surface area contributed by atoms with Crippen molar-refractivity contribution in [3.05, 3.63) is 34.7 Å². The van der Waals surface area contributed by atoms with Gasteiger partial charge in [0, 0.05) is 11.3 Å². The lowest BCUT2D eigenvalue weighted by molar-refractivity contribution is 0.415. The Hall–Kier alpha value is -1.55. The van der Waals surface area contributed by atoms with Crippen molar-refractivity contribution in [2.75, 3.05) is 7.11 Å². The van der Waals surface area contributed by atoms with Gasteiger partial charge >= 0.3 is 0 Å². The number of H-pyrrole nitrogens is 2. The van der Waals surface area contributed by atoms with Crippen LogP contribution in [0.1, 0.15) is 5.69 Å². The molecule has 0 amide bonds. The van der Waals surface area contributed by atoms with Gasteiger partial charge in [-0.05, 0) is 43.4 Å². The van der Waals surface area contributed by atoms with Crippen molar-refractivity contribution in [3.63, 3.8) is 0 Å². The standard InChI is InChI=1S/C11H12N2OS/c1-7-10(13-11(15)12-7)8-3-5-9(14-2)6-4-8/h3-6H,1-2H3,(H2,12,13,15). The van der Waals surface area contributed by atoms with Crippen molar-refractivity contribution >= 4 is 12.2 Å². The minimum atomic E-state index is 0.651. The second kappa shape index (κ2) is 3.90. The number of rotatable bonds is 2. The molecule has 0 bridgehead atoms. The average Bonchev–Trinajstić information content (AvgIpc) is 2.58. The second-order valence-electron chi connectivity index (χ2n) is 3.31. The Balaban J connectivity index is 2.45. The zero-order valence-electron chi connectivity index (χ0n) is 8.63. The van der Waals surface area contributed by atoms with Crippen LogP contribution in [0, 0.1) is 11.7 Å². The summed E-state index contributed by atoms with van der Waals surface area (Å²) in [6.45, 7) is 1.99. The number of ether oxygens (including phenoxy) is 1. The van der Waals surface area contributed by atoms with E-state index in [1.165, 1.54) is 0 Å². The van der Waals surface area contributed by atoms with Crippen LogP contribution in [0.25, 0.3) is 11.3 Å². The average molecular weight is 220 g/mol. The van der Waals surface area contributed by atoms with Crippen molar-refractivity contribution in [1.29, 1.82) is 0 Å². The maximum absolute atomic E-state index is 5.10. The Labute approximate surface area is 93.1 Å². The molecule has 1 aromatic heterocycles. The number of aryl methyl sites for hydroxylation is 1. The zero-order valence-corrected chi connectivity index (χ0v) is 9.44. The summed E-state index contributed by atoms with van der Waals surface area (Å²) in [6.07, 6.45) is 0. The Morgan fingerprint density at radius 1 is 1.13 bits per heavy atom. The number of aromatic amines is 2. The molecule has 15 heavy (non-hydrogen) atoms. The molecule has 0 fully saturated rings. The summed E-state index contributed by atoms with van der Waals surface area (Å²) in [6, 6.07) is 7.86. The van der Waals surface area contributed by atoms with Crippen molar-refractivity contribution in [3.8, 4) is 17.0 Å². The van der Waals surface area contributed by atoms with E-state index in [4.69, 9.17) is 17.0 Å². The summed E-state index contributed by atoms with van der Waals surface area (Å²) in [5.41, 5.74) is 3.17. The van der Waals surface area contributed by atoms with Gasteiger partial charge in [-0.3, -0.25) is 0 Å². The highest BCUT2D eigenvalue weighted by atomic mass is 32.1. The van der Waals surface area contributed by atoms with Gasteiger partial charge in [-0.15, -0.1) is 0 Å². The van der Waals surface area contributed by atoms with E-state index >= 15 is 0 Å². The Bertz CT molecular complexity index is 510. The number of methoxy groups -OCH3 is 1. The number of nitrogens with one attached hydrogen (secondary N) is 2. The summed E-state index contributed by atoms with van der Waals surface area (Å²) in [5, 5.41) is 0. The molecule has 0 atom stereocenters. The Kier molecular flexibility index (Phi) is 2.60. The van der Waals surface area contributed by atoms with E-state index in [9.17, 15) is 0 Å². The number of imidazole rings is 1. The highest BCUT2D eigenvalue weighted by Gasteiger charge is 2.03. The van der Waals surface area contributed by atoms with Crippen LogP contribution in [0.3, 0.4) is 0 Å². The van der Waals surface area contributed by atoms with Gasteiger partial charge in [-0.25, -0.2) is 0 Å². The van der Waals surface area contributed by atoms with Crippen LogP contribution in [-0.2, 0) is 0 Å². The molecule has 0 spiro atoms. The molecule has 3 nitrogen and oxygen atoms in total. The van der Waals surface area contributed by atoms with Gasteiger partial charge in [0.1, 0.15) is 5.75 Å². The first kappa shape index (κ1) is 9.98. The fourth-order valence-electron chi connectivity index (χ4n) is 1.52. The maximum Gasteiger partial charge on any atom is 0.175 e. The summed E-state index contributed by atoms with van der Waals surface area (Å²) in [4.78, 5) is 6.18. The fourth-order valence-corrected chi connectivity index (χ4v) is 1.77. The van der Waals surface area contributed by atoms with Crippen molar-refractivity contribution < 1.29 is 4.74 Å². The van der Waals surface area contributed by atoms with E-state index in [0.29, 0.717) is 4.77 Å². The predicted octanol–water partition coefficient (Wildman–Crippen LogP) is 3.06. The minimum Gasteiger partial charge on any atom is -0.497 e. The Morgan fingerprint density at radius 3 is 2.27 bits per heavy atom. The zero-order chi connectivity index (χ0) is 10.8. The molecule has 0 unspecified atom stereocenters. The lowest BCUT2D eigenvalue weighted by atomic mass is 10.1. The van der Waals surface area contributed by atoms with Crippen molar-refractivity contribution in [2.45, 2.75) is 6.92 Å². The summed E-state index contributed by atoms with van der Waals surface area (Å²) >= 11 is 5.03. The van der Waals surface area contributed by atoms with Crippen LogP contribution < -0.4 is 4.74 Å². The number of hydrogen-bond acceptors (Lipinski definition) is 2. The first-order valence-electron chi connectivity index (χ1n) is 4.64. The molecular weight excluding hydrogens is 208 g/mol. The molecule has 0 radical (unpaired) electrons. The van der Waals surface area contributed by atoms with E-state index in [1.807, 2.05) is 31.2 Å². The molecule has 2 N–H and O–H groups in total. The quantitative estimate of drug-likeness (QED) is 0.764. The van der Waals surface area contributed by atoms with Crippen LogP contribution in [0.2, 0.25) is 0 Å². The third-order valence-electron chi connectivity index (χ3n) is 2.29. The van der Waals surface area contributed by atoms with Gasteiger partial charge in [-0.2, -0.15) is 0 Å². The number of hydrogen-bond donors (Lipinski definition) is 2. The van der Waals surface area contributed by atoms with Crippen LogP contribution in [0.5, 0.6) is 5.75 Å². The highest BCUT2D eigenvalue weighted by molar-refractivity contribution is 7.71. The lowest BCUT2D eigenvalue weighted by Gasteiger charge is -2.02. The van der Waals surface area contributed by atoms with Gasteiger partial charge in [-0.1, -0.05) is 0 Å². The summed E-state index contributed by atoms with van der Waals surface area (Å²) in [5.74, 6) is 0.852. The molecule has 1 heterocycles. The highest BCUT2D eigenvalue weighted by Crippen LogP contribution is 2.22. The number of aromatic nitrogens is 2. The van der Waals surface area contributed by atoms with E-state index in [0.717, 1.165) is 22.7 Å². The molecule has 0 saturated heterocycles. The summed E-state index contributed by atoms with van der Waals surface area (Å²) < 4.78 is 5.75. The van der Waals surface area contributed by atoms with E-state index in [2.05, 4.69) is 9.97 Å². The smallest absolute Gasteiger partial charge is 0.175 e. The normalized spacial score (nSPS) is 10.3. The van der Waals surface area contributed by atoms with Gasteiger partial charge in [0.05, 0.1) is 12.8 Å². The molecule has 0 aliphatic carbocycles. The van der Waals surface area contributed by atoms with E-state index in [-0.39, 0.29) is 0 Å². The maximum atomic E-state index is 5.10. The first-order valence-corrected chi connectivity index (χ1v) is 5.05.